The summed E-state index contributed by atoms with van der Waals surface area (Å²) in [7, 11) is 0. The molecule has 0 amide bonds. The molecule has 2 nitrogen and oxygen atoms in total. The first-order chi connectivity index (χ1) is 8.90. The van der Waals surface area contributed by atoms with Crippen molar-refractivity contribution in [2.45, 2.75) is 53.5 Å². The van der Waals surface area contributed by atoms with E-state index in [9.17, 15) is 0 Å². The number of rotatable bonds is 7. The number of nitrogens with one attached hydrogen (secondary N) is 1. The fourth-order valence-corrected chi connectivity index (χ4v) is 1.88. The van der Waals surface area contributed by atoms with Crippen LogP contribution in [-0.4, -0.2) is 19.2 Å². The minimum Gasteiger partial charge on any atom is -0.492 e. The van der Waals surface area contributed by atoms with Crippen LogP contribution in [0.1, 0.15) is 51.7 Å². The molecule has 0 fully saturated rings. The van der Waals surface area contributed by atoms with Crippen molar-refractivity contribution in [2.75, 3.05) is 13.2 Å². The zero-order chi connectivity index (χ0) is 14.4. The van der Waals surface area contributed by atoms with Gasteiger partial charge in [0.05, 0.1) is 0 Å². The fourth-order valence-electron chi connectivity index (χ4n) is 1.88. The summed E-state index contributed by atoms with van der Waals surface area (Å²) >= 11 is 0. The molecule has 0 bridgehead atoms. The quantitative estimate of drug-likeness (QED) is 0.747. The molecule has 1 aromatic rings. The Morgan fingerprint density at radius 1 is 1.05 bits per heavy atom. The second kappa shape index (κ2) is 7.54. The van der Waals surface area contributed by atoms with E-state index in [1.165, 1.54) is 11.1 Å². The van der Waals surface area contributed by atoms with Gasteiger partial charge in [0.2, 0.25) is 0 Å². The Morgan fingerprint density at radius 2 is 1.74 bits per heavy atom. The van der Waals surface area contributed by atoms with Gasteiger partial charge in [-0.15, -0.1) is 0 Å². The molecule has 0 saturated heterocycles. The monoisotopic (exact) mass is 263 g/mol. The molecule has 0 heterocycles. The van der Waals surface area contributed by atoms with E-state index in [1.54, 1.807) is 0 Å². The van der Waals surface area contributed by atoms with Crippen molar-refractivity contribution in [2.24, 2.45) is 5.92 Å². The standard InChI is InChI=1S/C17H29NO/c1-12(2)15(6)18-7-8-19-17-10-14(5)9-16(11-17)13(3)4/h9-13,15,18H,7-8H2,1-6H3. The Hall–Kier alpha value is -1.02. The van der Waals surface area contributed by atoms with Crippen LogP contribution < -0.4 is 10.1 Å². The highest BCUT2D eigenvalue weighted by Crippen LogP contribution is 2.22. The Labute approximate surface area is 118 Å². The van der Waals surface area contributed by atoms with Gasteiger partial charge >= 0.3 is 0 Å². The van der Waals surface area contributed by atoms with Gasteiger partial charge in [-0.2, -0.15) is 0 Å². The minimum atomic E-state index is 0.535. The molecular weight excluding hydrogens is 234 g/mol. The van der Waals surface area contributed by atoms with Gasteiger partial charge in [0.25, 0.3) is 0 Å². The molecule has 0 saturated carbocycles. The van der Waals surface area contributed by atoms with Gasteiger partial charge < -0.3 is 10.1 Å². The van der Waals surface area contributed by atoms with Gasteiger partial charge in [-0.1, -0.05) is 33.8 Å². The van der Waals surface area contributed by atoms with Crippen molar-refractivity contribution in [3.63, 3.8) is 0 Å². The van der Waals surface area contributed by atoms with Crippen molar-refractivity contribution in [1.29, 1.82) is 0 Å². The van der Waals surface area contributed by atoms with E-state index in [1.807, 2.05) is 0 Å². The van der Waals surface area contributed by atoms with Gasteiger partial charge in [0, 0.05) is 12.6 Å². The largest absolute Gasteiger partial charge is 0.492 e. The van der Waals surface area contributed by atoms with Crippen LogP contribution in [0.2, 0.25) is 0 Å². The topological polar surface area (TPSA) is 21.3 Å². The molecule has 1 N–H and O–H groups in total. The molecule has 1 aromatic carbocycles. The number of ether oxygens (including phenoxy) is 1. The molecule has 0 aliphatic carbocycles. The van der Waals surface area contributed by atoms with E-state index in [0.29, 0.717) is 17.9 Å². The molecule has 19 heavy (non-hydrogen) atoms. The summed E-state index contributed by atoms with van der Waals surface area (Å²) in [5.74, 6) is 2.19. The van der Waals surface area contributed by atoms with E-state index in [4.69, 9.17) is 4.74 Å². The third kappa shape index (κ3) is 5.65. The maximum absolute atomic E-state index is 5.85. The average Bonchev–Trinajstić information content (AvgIpc) is 2.33. The highest BCUT2D eigenvalue weighted by molar-refractivity contribution is 5.35. The average molecular weight is 263 g/mol. The molecule has 0 aliphatic rings. The zero-order valence-electron chi connectivity index (χ0n) is 13.3. The van der Waals surface area contributed by atoms with Crippen LogP contribution in [-0.2, 0) is 0 Å². The minimum absolute atomic E-state index is 0.535. The van der Waals surface area contributed by atoms with Gasteiger partial charge in [-0.25, -0.2) is 0 Å². The second-order valence-electron chi connectivity index (χ2n) is 6.07. The first-order valence-corrected chi connectivity index (χ1v) is 7.38. The molecule has 0 spiro atoms. The zero-order valence-corrected chi connectivity index (χ0v) is 13.3. The summed E-state index contributed by atoms with van der Waals surface area (Å²) in [6.45, 7) is 14.8. The van der Waals surface area contributed by atoms with E-state index in [0.717, 1.165) is 18.9 Å². The predicted molar refractivity (Wildman–Crippen MR) is 83.1 cm³/mol. The van der Waals surface area contributed by atoms with Crippen LogP contribution in [0, 0.1) is 12.8 Å². The summed E-state index contributed by atoms with van der Waals surface area (Å²) < 4.78 is 5.85. The molecule has 2 heteroatoms. The van der Waals surface area contributed by atoms with Crippen LogP contribution in [0.4, 0.5) is 0 Å². The summed E-state index contributed by atoms with van der Waals surface area (Å²) in [6, 6.07) is 7.03. The van der Waals surface area contributed by atoms with Crippen molar-refractivity contribution in [1.82, 2.24) is 5.32 Å². The van der Waals surface area contributed by atoms with Crippen molar-refractivity contribution < 1.29 is 4.74 Å². The molecule has 1 unspecified atom stereocenters. The van der Waals surface area contributed by atoms with Gasteiger partial charge in [-0.05, 0) is 48.9 Å². The van der Waals surface area contributed by atoms with Gasteiger partial charge in [0.15, 0.2) is 0 Å². The lowest BCUT2D eigenvalue weighted by Gasteiger charge is -2.18. The van der Waals surface area contributed by atoms with E-state index in [-0.39, 0.29) is 0 Å². The number of aryl methyl sites for hydroxylation is 1. The highest BCUT2D eigenvalue weighted by Gasteiger charge is 2.06. The lowest BCUT2D eigenvalue weighted by Crippen LogP contribution is -2.33. The molecule has 1 rings (SSSR count). The normalized spacial score (nSPS) is 13.1. The maximum Gasteiger partial charge on any atom is 0.119 e. The molecule has 108 valence electrons. The van der Waals surface area contributed by atoms with Crippen LogP contribution in [0.25, 0.3) is 0 Å². The predicted octanol–water partition coefficient (Wildman–Crippen LogP) is 4.13. The summed E-state index contributed by atoms with van der Waals surface area (Å²) in [4.78, 5) is 0. The third-order valence-corrected chi connectivity index (χ3v) is 3.58. The van der Waals surface area contributed by atoms with E-state index >= 15 is 0 Å². The summed E-state index contributed by atoms with van der Waals surface area (Å²) in [5, 5.41) is 3.48. The first-order valence-electron chi connectivity index (χ1n) is 7.38. The van der Waals surface area contributed by atoms with Crippen LogP contribution in [0.5, 0.6) is 5.75 Å². The Kier molecular flexibility index (Phi) is 6.36. The van der Waals surface area contributed by atoms with Crippen LogP contribution in [0.3, 0.4) is 0 Å². The Bertz CT molecular complexity index is 385. The molecule has 0 radical (unpaired) electrons. The van der Waals surface area contributed by atoms with Crippen molar-refractivity contribution >= 4 is 0 Å². The Balaban J connectivity index is 2.45. The molecular formula is C17H29NO. The smallest absolute Gasteiger partial charge is 0.119 e. The maximum atomic E-state index is 5.85. The summed E-state index contributed by atoms with van der Waals surface area (Å²) in [5.41, 5.74) is 2.61. The molecule has 0 aromatic heterocycles. The lowest BCUT2D eigenvalue weighted by atomic mass is 10.0. The SMILES string of the molecule is Cc1cc(OCCNC(C)C(C)C)cc(C(C)C)c1. The van der Waals surface area contributed by atoms with Gasteiger partial charge in [0.1, 0.15) is 12.4 Å². The van der Waals surface area contributed by atoms with Crippen LogP contribution in [0.15, 0.2) is 18.2 Å². The first kappa shape index (κ1) is 16.0. The third-order valence-electron chi connectivity index (χ3n) is 3.58. The number of benzene rings is 1. The van der Waals surface area contributed by atoms with Gasteiger partial charge in [-0.3, -0.25) is 0 Å². The Morgan fingerprint density at radius 3 is 2.32 bits per heavy atom. The summed E-state index contributed by atoms with van der Waals surface area (Å²) in [6.07, 6.45) is 0. The van der Waals surface area contributed by atoms with Crippen LogP contribution >= 0.6 is 0 Å². The highest BCUT2D eigenvalue weighted by atomic mass is 16.5. The lowest BCUT2D eigenvalue weighted by molar-refractivity contribution is 0.296. The van der Waals surface area contributed by atoms with Crippen molar-refractivity contribution in [3.05, 3.63) is 29.3 Å². The van der Waals surface area contributed by atoms with Crippen molar-refractivity contribution in [3.8, 4) is 5.75 Å². The fraction of sp³-hybridized carbons (Fsp3) is 0.647. The second-order valence-corrected chi connectivity index (χ2v) is 6.07. The number of hydrogen-bond donors (Lipinski definition) is 1. The molecule has 0 aliphatic heterocycles. The number of hydrogen-bond acceptors (Lipinski definition) is 2. The van der Waals surface area contributed by atoms with E-state index in [2.05, 4.69) is 65.1 Å². The molecule has 1 atom stereocenters. The van der Waals surface area contributed by atoms with E-state index < -0.39 is 0 Å².